The van der Waals surface area contributed by atoms with E-state index in [2.05, 4.69) is 10.4 Å². The molecule has 1 N–H and O–H groups in total. The van der Waals surface area contributed by atoms with Gasteiger partial charge in [0.15, 0.2) is 0 Å². The van der Waals surface area contributed by atoms with E-state index in [1.54, 1.807) is 24.3 Å². The van der Waals surface area contributed by atoms with Crippen LogP contribution >= 0.6 is 0 Å². The van der Waals surface area contributed by atoms with Gasteiger partial charge in [0.25, 0.3) is 11.8 Å². The molecule has 4 rings (SSSR count). The van der Waals surface area contributed by atoms with E-state index in [9.17, 15) is 28.0 Å². The number of rotatable bonds is 8. The number of ether oxygens (including phenoxy) is 2. The molecule has 0 saturated heterocycles. The maximum atomic E-state index is 13.3. The Bertz CT molecular complexity index is 1350. The van der Waals surface area contributed by atoms with Crippen molar-refractivity contribution in [3.05, 3.63) is 71.0 Å². The standard InChI is InChI=1S/C25H22F3N5O4.C2H6/c1-36-21-7-4-17(12-18(21)13-29)23(34)31-20-14-30-33-10-9-32(24(35)22(20)33)19-5-2-16(3-6-19)15-37-11-8-25(26,27)28;1-2/h2-7,12,14H,8-11,15H2,1H3,(H,31,34);1-2H3. The molecule has 9 nitrogen and oxygen atoms in total. The lowest BCUT2D eigenvalue weighted by atomic mass is 10.1. The molecule has 1 aliphatic heterocycles. The lowest BCUT2D eigenvalue weighted by molar-refractivity contribution is -0.146. The average molecular weight is 544 g/mol. The second-order valence-corrected chi connectivity index (χ2v) is 8.15. The van der Waals surface area contributed by atoms with Gasteiger partial charge in [-0.1, -0.05) is 26.0 Å². The van der Waals surface area contributed by atoms with Crippen molar-refractivity contribution in [3.63, 3.8) is 0 Å². The van der Waals surface area contributed by atoms with E-state index >= 15 is 0 Å². The highest BCUT2D eigenvalue weighted by atomic mass is 19.4. The van der Waals surface area contributed by atoms with E-state index in [1.807, 2.05) is 19.9 Å². The van der Waals surface area contributed by atoms with E-state index in [-0.39, 0.29) is 35.0 Å². The number of halogens is 3. The second-order valence-electron chi connectivity index (χ2n) is 8.15. The molecule has 0 spiro atoms. The van der Waals surface area contributed by atoms with Gasteiger partial charge in [-0.15, -0.1) is 0 Å². The Labute approximate surface area is 223 Å². The molecular formula is C27H28F3N5O4. The van der Waals surface area contributed by atoms with Crippen molar-refractivity contribution in [1.29, 1.82) is 5.26 Å². The van der Waals surface area contributed by atoms with Crippen LogP contribution in [0.4, 0.5) is 24.5 Å². The monoisotopic (exact) mass is 543 g/mol. The van der Waals surface area contributed by atoms with Gasteiger partial charge >= 0.3 is 6.18 Å². The summed E-state index contributed by atoms with van der Waals surface area (Å²) in [5, 5.41) is 16.2. The SMILES string of the molecule is CC.COc1ccc(C(=O)Nc2cnn3c2C(=O)N(c2ccc(COCCC(F)(F)F)cc2)CC3)cc1C#N. The van der Waals surface area contributed by atoms with Crippen LogP contribution in [0.5, 0.6) is 5.75 Å². The first-order chi connectivity index (χ1) is 18.7. The third-order valence-corrected chi connectivity index (χ3v) is 5.70. The molecule has 206 valence electrons. The van der Waals surface area contributed by atoms with Crippen molar-refractivity contribution >= 4 is 23.2 Å². The van der Waals surface area contributed by atoms with E-state index in [4.69, 9.17) is 9.47 Å². The van der Waals surface area contributed by atoms with E-state index in [1.165, 1.54) is 41.1 Å². The summed E-state index contributed by atoms with van der Waals surface area (Å²) in [5.74, 6) is -0.554. The van der Waals surface area contributed by atoms with Crippen LogP contribution in [0.2, 0.25) is 0 Å². The van der Waals surface area contributed by atoms with Crippen molar-refractivity contribution in [2.75, 3.05) is 30.5 Å². The van der Waals surface area contributed by atoms with Gasteiger partial charge in [-0.3, -0.25) is 14.3 Å². The van der Waals surface area contributed by atoms with Crippen LogP contribution in [0.25, 0.3) is 0 Å². The number of benzene rings is 2. The molecular weight excluding hydrogens is 515 g/mol. The van der Waals surface area contributed by atoms with Crippen LogP contribution < -0.4 is 15.0 Å². The summed E-state index contributed by atoms with van der Waals surface area (Å²) < 4.78 is 48.4. The highest BCUT2D eigenvalue weighted by molar-refractivity contribution is 6.13. The number of nitrogens with zero attached hydrogens (tertiary/aromatic N) is 4. The van der Waals surface area contributed by atoms with Crippen molar-refractivity contribution in [2.24, 2.45) is 0 Å². The first-order valence-corrected chi connectivity index (χ1v) is 12.2. The smallest absolute Gasteiger partial charge is 0.391 e. The number of nitrogens with one attached hydrogen (secondary N) is 1. The predicted octanol–water partition coefficient (Wildman–Crippen LogP) is 5.17. The number of anilines is 2. The van der Waals surface area contributed by atoms with Gasteiger partial charge in [0.1, 0.15) is 17.5 Å². The maximum Gasteiger partial charge on any atom is 0.391 e. The summed E-state index contributed by atoms with van der Waals surface area (Å²) in [6.45, 7) is 4.32. The zero-order valence-corrected chi connectivity index (χ0v) is 21.7. The topological polar surface area (TPSA) is 109 Å². The Morgan fingerprint density at radius 2 is 1.87 bits per heavy atom. The van der Waals surface area contributed by atoms with Gasteiger partial charge in [-0.05, 0) is 35.9 Å². The predicted molar refractivity (Wildman–Crippen MR) is 138 cm³/mol. The largest absolute Gasteiger partial charge is 0.495 e. The fourth-order valence-electron chi connectivity index (χ4n) is 3.82. The van der Waals surface area contributed by atoms with Crippen molar-refractivity contribution in [1.82, 2.24) is 9.78 Å². The van der Waals surface area contributed by atoms with Gasteiger partial charge in [-0.25, -0.2) is 0 Å². The fourth-order valence-corrected chi connectivity index (χ4v) is 3.82. The number of hydrogen-bond donors (Lipinski definition) is 1. The lowest BCUT2D eigenvalue weighted by Gasteiger charge is -2.28. The highest BCUT2D eigenvalue weighted by Crippen LogP contribution is 2.27. The normalized spacial score (nSPS) is 12.6. The Morgan fingerprint density at radius 1 is 1.15 bits per heavy atom. The fraction of sp³-hybridized carbons (Fsp3) is 0.333. The molecule has 12 heteroatoms. The molecule has 0 fully saturated rings. The first-order valence-electron chi connectivity index (χ1n) is 12.2. The van der Waals surface area contributed by atoms with E-state index in [0.717, 1.165) is 0 Å². The Morgan fingerprint density at radius 3 is 2.51 bits per heavy atom. The van der Waals surface area contributed by atoms with Crippen LogP contribution in [-0.2, 0) is 17.9 Å². The zero-order valence-electron chi connectivity index (χ0n) is 21.7. The molecule has 3 aromatic rings. The van der Waals surface area contributed by atoms with E-state index < -0.39 is 25.1 Å². The molecule has 2 amide bonds. The molecule has 0 radical (unpaired) electrons. The van der Waals surface area contributed by atoms with Crippen LogP contribution in [0.1, 0.15) is 52.2 Å². The zero-order chi connectivity index (χ0) is 28.6. The van der Waals surface area contributed by atoms with Crippen molar-refractivity contribution in [3.8, 4) is 11.8 Å². The maximum absolute atomic E-state index is 13.3. The molecule has 1 aliphatic rings. The molecule has 2 heterocycles. The molecule has 39 heavy (non-hydrogen) atoms. The van der Waals surface area contributed by atoms with Gasteiger partial charge < -0.3 is 19.7 Å². The molecule has 0 aliphatic carbocycles. The number of hydrogen-bond acceptors (Lipinski definition) is 6. The molecule has 0 unspecified atom stereocenters. The third-order valence-electron chi connectivity index (χ3n) is 5.70. The summed E-state index contributed by atoms with van der Waals surface area (Å²) in [4.78, 5) is 27.7. The molecule has 1 aromatic heterocycles. The van der Waals surface area contributed by atoms with E-state index in [0.29, 0.717) is 30.1 Å². The van der Waals surface area contributed by atoms with Gasteiger partial charge in [0, 0.05) is 17.8 Å². The van der Waals surface area contributed by atoms with Crippen LogP contribution in [0, 0.1) is 11.3 Å². The minimum absolute atomic E-state index is 0.0200. The minimum Gasteiger partial charge on any atom is -0.495 e. The number of methoxy groups -OCH3 is 1. The lowest BCUT2D eigenvalue weighted by Crippen LogP contribution is -2.41. The number of nitriles is 1. The molecule has 0 atom stereocenters. The summed E-state index contributed by atoms with van der Waals surface area (Å²) in [6, 6.07) is 13.1. The van der Waals surface area contributed by atoms with Gasteiger partial charge in [-0.2, -0.15) is 23.5 Å². The summed E-state index contributed by atoms with van der Waals surface area (Å²) in [7, 11) is 1.42. The van der Waals surface area contributed by atoms with Crippen LogP contribution in [-0.4, -0.2) is 48.0 Å². The van der Waals surface area contributed by atoms with Crippen molar-refractivity contribution < 1.29 is 32.2 Å². The average Bonchev–Trinajstić information content (AvgIpc) is 3.35. The number of alkyl halides is 3. The minimum atomic E-state index is -4.27. The number of carbonyl (C=O) groups excluding carboxylic acids is 2. The van der Waals surface area contributed by atoms with Gasteiger partial charge in [0.05, 0.1) is 50.7 Å². The summed E-state index contributed by atoms with van der Waals surface area (Å²) in [6.07, 6.45) is -3.89. The van der Waals surface area contributed by atoms with Crippen LogP contribution in [0.15, 0.2) is 48.7 Å². The third kappa shape index (κ3) is 7.14. The van der Waals surface area contributed by atoms with Gasteiger partial charge in [0.2, 0.25) is 0 Å². The number of carbonyl (C=O) groups is 2. The van der Waals surface area contributed by atoms with Crippen molar-refractivity contribution in [2.45, 2.75) is 39.6 Å². The molecule has 2 aromatic carbocycles. The summed E-state index contributed by atoms with van der Waals surface area (Å²) >= 11 is 0. The number of aromatic nitrogens is 2. The molecule has 0 saturated carbocycles. The Balaban J connectivity index is 0.00000205. The Hall–Kier alpha value is -4.37. The first kappa shape index (κ1) is 29.2. The summed E-state index contributed by atoms with van der Waals surface area (Å²) in [5.41, 5.74) is 2.10. The second kappa shape index (κ2) is 12.9. The highest BCUT2D eigenvalue weighted by Gasteiger charge is 2.30. The molecule has 0 bridgehead atoms. The Kier molecular flexibility index (Phi) is 9.68. The number of fused-ring (bicyclic) bond motifs is 1. The number of amides is 2. The quantitative estimate of drug-likeness (QED) is 0.393. The van der Waals surface area contributed by atoms with Crippen LogP contribution in [0.3, 0.4) is 0 Å².